The number of hydrogen-bond acceptors (Lipinski definition) is 7. The minimum absolute atomic E-state index is 0.126. The van der Waals surface area contributed by atoms with Gasteiger partial charge in [-0.3, -0.25) is 9.78 Å². The van der Waals surface area contributed by atoms with Gasteiger partial charge in [-0.05, 0) is 80.6 Å². The lowest BCUT2D eigenvalue weighted by Gasteiger charge is -2.33. The number of nitrogens with one attached hydrogen (secondary N) is 1. The molecule has 43 heavy (non-hydrogen) atoms. The summed E-state index contributed by atoms with van der Waals surface area (Å²) < 4.78 is 24.4. The third-order valence-electron chi connectivity index (χ3n) is 7.90. The van der Waals surface area contributed by atoms with Crippen LogP contribution in [0.1, 0.15) is 49.5 Å². The highest BCUT2D eigenvalue weighted by atomic mass is 16.6. The first-order valence-electron chi connectivity index (χ1n) is 14.8. The molecule has 1 N–H and O–H groups in total. The smallest absolute Gasteiger partial charge is 0.410 e. The Morgan fingerprint density at radius 3 is 2.65 bits per heavy atom. The topological polar surface area (TPSA) is 99.2 Å². The summed E-state index contributed by atoms with van der Waals surface area (Å²) in [6.45, 7) is 8.05. The number of ether oxygens (including phenoxy) is 4. The number of rotatable bonds is 6. The van der Waals surface area contributed by atoms with Crippen LogP contribution in [0.5, 0.6) is 23.0 Å². The summed E-state index contributed by atoms with van der Waals surface area (Å²) in [7, 11) is 1.63. The Morgan fingerprint density at radius 1 is 1.07 bits per heavy atom. The molecule has 2 aliphatic rings. The van der Waals surface area contributed by atoms with Crippen LogP contribution < -0.4 is 19.5 Å². The number of benzene rings is 3. The van der Waals surface area contributed by atoms with Crippen LogP contribution in [0.15, 0.2) is 54.7 Å². The Bertz CT molecular complexity index is 1690. The van der Waals surface area contributed by atoms with Gasteiger partial charge in [-0.1, -0.05) is 12.1 Å². The molecule has 0 bridgehead atoms. The summed E-state index contributed by atoms with van der Waals surface area (Å²) >= 11 is 0. The second-order valence-corrected chi connectivity index (χ2v) is 12.1. The molecular weight excluding hydrogens is 546 g/mol. The van der Waals surface area contributed by atoms with E-state index < -0.39 is 5.60 Å². The number of likely N-dealkylation sites (tertiary alicyclic amines) is 1. The van der Waals surface area contributed by atoms with Gasteiger partial charge in [0.15, 0.2) is 11.5 Å². The summed E-state index contributed by atoms with van der Waals surface area (Å²) in [5, 5.41) is 5.38. The van der Waals surface area contributed by atoms with Crippen LogP contribution in [0.3, 0.4) is 0 Å². The molecule has 0 saturated carbocycles. The first kappa shape index (κ1) is 28.6. The van der Waals surface area contributed by atoms with Crippen molar-refractivity contribution in [1.82, 2.24) is 15.2 Å². The van der Waals surface area contributed by atoms with Crippen molar-refractivity contribution in [1.29, 1.82) is 0 Å². The van der Waals surface area contributed by atoms with Crippen molar-refractivity contribution >= 4 is 33.7 Å². The average Bonchev–Trinajstić information content (AvgIpc) is 3.49. The highest BCUT2D eigenvalue weighted by molar-refractivity contribution is 6.07. The van der Waals surface area contributed by atoms with E-state index in [-0.39, 0.29) is 12.0 Å². The second-order valence-electron chi connectivity index (χ2n) is 12.1. The SMILES string of the molecule is CNC(=O)c1cccc2cc(Oc3ccnc4cc(OCC5CCN(C(=O)OC(C)(C)C)CC5)c5c(c34)CCO5)ccc12. The van der Waals surface area contributed by atoms with Gasteiger partial charge in [0, 0.05) is 49.9 Å². The van der Waals surface area contributed by atoms with Crippen molar-refractivity contribution in [2.75, 3.05) is 33.4 Å². The normalized spacial score (nSPS) is 15.2. The molecule has 2 amide bonds. The number of hydrogen-bond donors (Lipinski definition) is 1. The van der Waals surface area contributed by atoms with Crippen molar-refractivity contribution in [2.24, 2.45) is 5.92 Å². The number of aromatic nitrogens is 1. The lowest BCUT2D eigenvalue weighted by molar-refractivity contribution is 0.0164. The van der Waals surface area contributed by atoms with E-state index in [0.29, 0.717) is 55.0 Å². The largest absolute Gasteiger partial charge is 0.489 e. The first-order chi connectivity index (χ1) is 20.7. The summed E-state index contributed by atoms with van der Waals surface area (Å²) in [4.78, 5) is 31.2. The maximum Gasteiger partial charge on any atom is 0.410 e. The highest BCUT2D eigenvalue weighted by Gasteiger charge is 2.29. The standard InChI is InChI=1S/C34H37N3O6/c1-34(2,3)43-33(39)37-15-11-21(12-16-37)20-41-29-19-27-30(26-13-17-40-31(26)29)28(10-14-36-27)42-23-8-9-24-22(18-23)6-5-7-25(24)32(38)35-4/h5-10,14,18-19,21H,11-13,15-17,20H2,1-4H3,(H,35,38). The molecule has 0 unspecified atom stereocenters. The van der Waals surface area contributed by atoms with Crippen LogP contribution in [-0.4, -0.2) is 60.8 Å². The van der Waals surface area contributed by atoms with E-state index in [0.717, 1.165) is 52.3 Å². The monoisotopic (exact) mass is 583 g/mol. The van der Waals surface area contributed by atoms with Gasteiger partial charge in [0.05, 0.1) is 24.1 Å². The fraction of sp³-hybridized carbons (Fsp3) is 0.382. The van der Waals surface area contributed by atoms with Crippen LogP contribution in [0.25, 0.3) is 21.7 Å². The van der Waals surface area contributed by atoms with E-state index in [1.54, 1.807) is 18.1 Å². The van der Waals surface area contributed by atoms with Gasteiger partial charge in [-0.25, -0.2) is 4.79 Å². The molecule has 1 aromatic heterocycles. The molecule has 3 aromatic carbocycles. The van der Waals surface area contributed by atoms with E-state index in [2.05, 4.69) is 10.3 Å². The maximum absolute atomic E-state index is 12.4. The third kappa shape index (κ3) is 6.02. The van der Waals surface area contributed by atoms with Crippen LogP contribution in [-0.2, 0) is 11.2 Å². The summed E-state index contributed by atoms with van der Waals surface area (Å²) in [6, 6.07) is 15.2. The second kappa shape index (κ2) is 11.6. The van der Waals surface area contributed by atoms with Crippen LogP contribution in [0, 0.1) is 5.92 Å². The zero-order valence-electron chi connectivity index (χ0n) is 25.1. The molecule has 1 saturated heterocycles. The first-order valence-corrected chi connectivity index (χ1v) is 14.8. The Hall–Kier alpha value is -4.53. The molecule has 0 atom stereocenters. The Balaban J connectivity index is 1.19. The molecule has 6 rings (SSSR count). The van der Waals surface area contributed by atoms with Gasteiger partial charge in [0.2, 0.25) is 0 Å². The van der Waals surface area contributed by atoms with Crippen molar-refractivity contribution in [3.8, 4) is 23.0 Å². The van der Waals surface area contributed by atoms with E-state index in [4.69, 9.17) is 18.9 Å². The van der Waals surface area contributed by atoms with E-state index >= 15 is 0 Å². The molecule has 4 aromatic rings. The maximum atomic E-state index is 12.4. The Kier molecular flexibility index (Phi) is 7.73. The van der Waals surface area contributed by atoms with Gasteiger partial charge in [0.1, 0.15) is 17.1 Å². The van der Waals surface area contributed by atoms with Crippen LogP contribution in [0.4, 0.5) is 4.79 Å². The number of fused-ring (bicyclic) bond motifs is 4. The Labute approximate surface area is 251 Å². The predicted octanol–water partition coefficient (Wildman–Crippen LogP) is 6.50. The van der Waals surface area contributed by atoms with E-state index in [1.165, 1.54) is 0 Å². The summed E-state index contributed by atoms with van der Waals surface area (Å²) in [5.74, 6) is 2.98. The number of nitrogens with zero attached hydrogens (tertiary/aromatic N) is 2. The molecule has 9 heteroatoms. The average molecular weight is 584 g/mol. The van der Waals surface area contributed by atoms with Gasteiger partial charge >= 0.3 is 6.09 Å². The molecule has 2 aliphatic heterocycles. The molecule has 3 heterocycles. The molecule has 0 aliphatic carbocycles. The fourth-order valence-electron chi connectivity index (χ4n) is 5.77. The van der Waals surface area contributed by atoms with Crippen molar-refractivity contribution in [3.05, 3.63) is 65.9 Å². The molecular formula is C34H37N3O6. The third-order valence-corrected chi connectivity index (χ3v) is 7.90. The number of piperidine rings is 1. The van der Waals surface area contributed by atoms with E-state index in [1.807, 2.05) is 69.3 Å². The molecule has 0 radical (unpaired) electrons. The number of carbonyl (C=O) groups is 2. The van der Waals surface area contributed by atoms with Gasteiger partial charge < -0.3 is 29.2 Å². The lowest BCUT2D eigenvalue weighted by atomic mass is 9.98. The van der Waals surface area contributed by atoms with Gasteiger partial charge in [-0.15, -0.1) is 0 Å². The van der Waals surface area contributed by atoms with E-state index in [9.17, 15) is 9.59 Å². The number of carbonyl (C=O) groups excluding carboxylic acids is 2. The van der Waals surface area contributed by atoms with Gasteiger partial charge in [-0.2, -0.15) is 0 Å². The number of pyridine rings is 1. The fourth-order valence-corrected chi connectivity index (χ4v) is 5.77. The zero-order valence-corrected chi connectivity index (χ0v) is 25.1. The van der Waals surface area contributed by atoms with Crippen molar-refractivity contribution in [2.45, 2.75) is 45.6 Å². The highest BCUT2D eigenvalue weighted by Crippen LogP contribution is 2.45. The Morgan fingerprint density at radius 2 is 1.88 bits per heavy atom. The van der Waals surface area contributed by atoms with Crippen LogP contribution in [0.2, 0.25) is 0 Å². The quantitative estimate of drug-likeness (QED) is 0.277. The molecule has 1 fully saturated rings. The molecule has 224 valence electrons. The lowest BCUT2D eigenvalue weighted by Crippen LogP contribution is -2.42. The van der Waals surface area contributed by atoms with Crippen molar-refractivity contribution < 1.29 is 28.5 Å². The summed E-state index contributed by atoms with van der Waals surface area (Å²) in [6.07, 6.45) is 3.91. The van der Waals surface area contributed by atoms with Gasteiger partial charge in [0.25, 0.3) is 5.91 Å². The van der Waals surface area contributed by atoms with Crippen molar-refractivity contribution in [3.63, 3.8) is 0 Å². The van der Waals surface area contributed by atoms with Crippen LogP contribution >= 0.6 is 0 Å². The summed E-state index contributed by atoms with van der Waals surface area (Å²) in [5.41, 5.74) is 1.93. The zero-order chi connectivity index (χ0) is 30.1. The molecule has 0 spiro atoms. The molecule has 9 nitrogen and oxygen atoms in total. The predicted molar refractivity (Wildman–Crippen MR) is 164 cm³/mol. The minimum atomic E-state index is -0.500. The number of amides is 2. The minimum Gasteiger partial charge on any atom is -0.489 e.